The second-order valence-corrected chi connectivity index (χ2v) is 9.18. The minimum atomic E-state index is -0.979. The first-order valence-electron chi connectivity index (χ1n) is 9.24. The minimum absolute atomic E-state index is 0. The molecule has 0 radical (unpaired) electrons. The molecule has 1 amide bonds. The highest BCUT2D eigenvalue weighted by Gasteiger charge is 2.63. The van der Waals surface area contributed by atoms with Gasteiger partial charge in [-0.15, -0.1) is 22.6 Å². The van der Waals surface area contributed by atoms with Crippen LogP contribution in [-0.2, 0) is 14.9 Å². The van der Waals surface area contributed by atoms with Gasteiger partial charge in [-0.3, -0.25) is 10.1 Å². The molecule has 0 saturated heterocycles. The average molecular weight is 425 g/mol. The van der Waals surface area contributed by atoms with E-state index in [9.17, 15) is 4.79 Å². The van der Waals surface area contributed by atoms with Crippen LogP contribution in [0, 0.1) is 5.41 Å². The SMILES string of the molecule is CCOC1CC(N)(C(=O)Nc2nnc(C(C)(C)c3ccccc3)s2)C1(C)C.Cl. The molecule has 0 bridgehead atoms. The van der Waals surface area contributed by atoms with Gasteiger partial charge in [-0.1, -0.05) is 55.5 Å². The van der Waals surface area contributed by atoms with Crippen molar-refractivity contribution in [3.8, 4) is 0 Å². The van der Waals surface area contributed by atoms with E-state index in [0.717, 1.165) is 10.6 Å². The largest absolute Gasteiger partial charge is 0.378 e. The molecule has 2 atom stereocenters. The summed E-state index contributed by atoms with van der Waals surface area (Å²) in [5.74, 6) is -0.233. The lowest BCUT2D eigenvalue weighted by molar-refractivity contribution is -0.166. The number of hydrogen-bond donors (Lipinski definition) is 2. The highest BCUT2D eigenvalue weighted by Crippen LogP contribution is 2.50. The number of nitrogens with one attached hydrogen (secondary N) is 1. The zero-order chi connectivity index (χ0) is 19.9. The summed E-state index contributed by atoms with van der Waals surface area (Å²) >= 11 is 1.38. The van der Waals surface area contributed by atoms with Gasteiger partial charge >= 0.3 is 0 Å². The highest BCUT2D eigenvalue weighted by atomic mass is 35.5. The molecule has 1 aliphatic rings. The Morgan fingerprint density at radius 3 is 2.54 bits per heavy atom. The summed E-state index contributed by atoms with van der Waals surface area (Å²) in [6.45, 7) is 10.7. The average Bonchev–Trinajstić information content (AvgIpc) is 3.11. The van der Waals surface area contributed by atoms with Gasteiger partial charge in [0.15, 0.2) is 0 Å². The van der Waals surface area contributed by atoms with Gasteiger partial charge in [0.25, 0.3) is 0 Å². The van der Waals surface area contributed by atoms with Crippen molar-refractivity contribution in [2.45, 2.75) is 58.1 Å². The fourth-order valence-corrected chi connectivity index (χ4v) is 4.40. The molecular weight excluding hydrogens is 396 g/mol. The summed E-state index contributed by atoms with van der Waals surface area (Å²) < 4.78 is 5.70. The number of hydrogen-bond acceptors (Lipinski definition) is 6. The molecule has 3 N–H and O–H groups in total. The molecule has 2 unspecified atom stereocenters. The topological polar surface area (TPSA) is 90.1 Å². The fourth-order valence-electron chi connectivity index (χ4n) is 3.53. The molecule has 0 aliphatic heterocycles. The quantitative estimate of drug-likeness (QED) is 0.736. The maximum Gasteiger partial charge on any atom is 0.247 e. The fraction of sp³-hybridized carbons (Fsp3) is 0.550. The summed E-state index contributed by atoms with van der Waals surface area (Å²) in [7, 11) is 0. The Morgan fingerprint density at radius 1 is 1.32 bits per heavy atom. The summed E-state index contributed by atoms with van der Waals surface area (Å²) in [6.07, 6.45) is 0.487. The predicted molar refractivity (Wildman–Crippen MR) is 115 cm³/mol. The molecule has 154 valence electrons. The van der Waals surface area contributed by atoms with E-state index < -0.39 is 11.0 Å². The van der Waals surface area contributed by atoms with E-state index in [0.29, 0.717) is 18.2 Å². The van der Waals surface area contributed by atoms with E-state index in [1.807, 2.05) is 39.0 Å². The van der Waals surface area contributed by atoms with Crippen molar-refractivity contribution in [3.05, 3.63) is 40.9 Å². The van der Waals surface area contributed by atoms with Crippen LogP contribution in [0.25, 0.3) is 0 Å². The maximum atomic E-state index is 12.9. The summed E-state index contributed by atoms with van der Waals surface area (Å²) in [5.41, 5.74) is 5.88. The number of ether oxygens (including phenoxy) is 1. The predicted octanol–water partition coefficient (Wildman–Crippen LogP) is 3.76. The Kier molecular flexibility index (Phi) is 6.55. The molecule has 2 aromatic rings. The van der Waals surface area contributed by atoms with Crippen LogP contribution in [0.4, 0.5) is 5.13 Å². The molecule has 1 aromatic carbocycles. The zero-order valence-corrected chi connectivity index (χ0v) is 18.6. The van der Waals surface area contributed by atoms with Crippen LogP contribution in [-0.4, -0.2) is 34.4 Å². The molecule has 6 nitrogen and oxygen atoms in total. The smallest absolute Gasteiger partial charge is 0.247 e. The summed E-state index contributed by atoms with van der Waals surface area (Å²) in [4.78, 5) is 12.9. The van der Waals surface area contributed by atoms with Crippen LogP contribution in [0.15, 0.2) is 30.3 Å². The zero-order valence-electron chi connectivity index (χ0n) is 17.0. The van der Waals surface area contributed by atoms with Crippen molar-refractivity contribution in [3.63, 3.8) is 0 Å². The Bertz CT molecular complexity index is 825. The van der Waals surface area contributed by atoms with Crippen LogP contribution >= 0.6 is 23.7 Å². The van der Waals surface area contributed by atoms with Gasteiger partial charge in [0.05, 0.1) is 6.10 Å². The molecule has 0 spiro atoms. The lowest BCUT2D eigenvalue weighted by atomic mass is 9.54. The van der Waals surface area contributed by atoms with E-state index >= 15 is 0 Å². The van der Waals surface area contributed by atoms with Crippen LogP contribution in [0.3, 0.4) is 0 Å². The molecule has 1 saturated carbocycles. The number of carbonyl (C=O) groups excluding carboxylic acids is 1. The van der Waals surface area contributed by atoms with Crippen molar-refractivity contribution in [2.24, 2.45) is 11.1 Å². The first-order valence-corrected chi connectivity index (χ1v) is 10.1. The maximum absolute atomic E-state index is 12.9. The van der Waals surface area contributed by atoms with Gasteiger partial charge in [-0.25, -0.2) is 0 Å². The lowest BCUT2D eigenvalue weighted by Crippen LogP contribution is -2.74. The molecule has 28 heavy (non-hydrogen) atoms. The Labute approximate surface area is 176 Å². The van der Waals surface area contributed by atoms with Gasteiger partial charge in [0.2, 0.25) is 11.0 Å². The standard InChI is InChI=1S/C20H28N4O2S.ClH/c1-6-26-14-12-20(21,19(14,4)5)15(25)22-17-24-23-16(27-17)18(2,3)13-10-8-7-9-11-13;/h7-11,14H,6,12,21H2,1-5H3,(H,22,24,25);1H. The third-order valence-corrected chi connectivity index (χ3v) is 7.07. The van der Waals surface area contributed by atoms with Crippen molar-refractivity contribution in [1.29, 1.82) is 0 Å². The van der Waals surface area contributed by atoms with Crippen molar-refractivity contribution in [2.75, 3.05) is 11.9 Å². The molecule has 1 aromatic heterocycles. The van der Waals surface area contributed by atoms with Crippen molar-refractivity contribution >= 4 is 34.8 Å². The van der Waals surface area contributed by atoms with Crippen LogP contribution in [0.2, 0.25) is 0 Å². The number of halogens is 1. The van der Waals surface area contributed by atoms with E-state index in [4.69, 9.17) is 10.5 Å². The Morgan fingerprint density at radius 2 is 1.96 bits per heavy atom. The third kappa shape index (κ3) is 3.68. The van der Waals surface area contributed by atoms with Crippen LogP contribution in [0.5, 0.6) is 0 Å². The molecule has 3 rings (SSSR count). The van der Waals surface area contributed by atoms with Crippen molar-refractivity contribution < 1.29 is 9.53 Å². The van der Waals surface area contributed by atoms with Gasteiger partial charge in [0.1, 0.15) is 10.5 Å². The van der Waals surface area contributed by atoms with Gasteiger partial charge in [-0.05, 0) is 26.3 Å². The first kappa shape index (κ1) is 22.7. The highest BCUT2D eigenvalue weighted by molar-refractivity contribution is 7.15. The molecule has 1 heterocycles. The molecule has 1 aliphatic carbocycles. The Hall–Kier alpha value is -1.54. The second kappa shape index (κ2) is 8.06. The number of nitrogens with zero attached hydrogens (tertiary/aromatic N) is 2. The van der Waals surface area contributed by atoms with Gasteiger partial charge < -0.3 is 10.5 Å². The molecular formula is C20H29ClN4O2S. The normalized spacial score (nSPS) is 23.4. The summed E-state index contributed by atoms with van der Waals surface area (Å²) in [5, 5.41) is 12.7. The van der Waals surface area contributed by atoms with E-state index in [1.165, 1.54) is 11.3 Å². The molecule has 1 fully saturated rings. The number of rotatable bonds is 6. The minimum Gasteiger partial charge on any atom is -0.378 e. The van der Waals surface area contributed by atoms with E-state index in [1.54, 1.807) is 0 Å². The number of aromatic nitrogens is 2. The summed E-state index contributed by atoms with van der Waals surface area (Å²) in [6, 6.07) is 10.1. The number of carbonyl (C=O) groups is 1. The number of amides is 1. The van der Waals surface area contributed by atoms with E-state index in [-0.39, 0.29) is 29.8 Å². The van der Waals surface area contributed by atoms with Crippen LogP contribution in [0.1, 0.15) is 51.6 Å². The van der Waals surface area contributed by atoms with Gasteiger partial charge in [0, 0.05) is 23.9 Å². The van der Waals surface area contributed by atoms with Gasteiger partial charge in [-0.2, -0.15) is 0 Å². The lowest BCUT2D eigenvalue weighted by Gasteiger charge is -2.57. The monoisotopic (exact) mass is 424 g/mol. The third-order valence-electron chi connectivity index (χ3n) is 5.91. The van der Waals surface area contributed by atoms with Crippen LogP contribution < -0.4 is 11.1 Å². The number of benzene rings is 1. The second-order valence-electron chi connectivity index (χ2n) is 8.20. The van der Waals surface area contributed by atoms with E-state index in [2.05, 4.69) is 41.5 Å². The number of nitrogens with two attached hydrogens (primary N) is 1. The van der Waals surface area contributed by atoms with Crippen molar-refractivity contribution in [1.82, 2.24) is 10.2 Å². The molecule has 8 heteroatoms. The first-order chi connectivity index (χ1) is 12.6. The number of anilines is 1. The Balaban J connectivity index is 0.00000280.